The molecule has 0 bridgehead atoms. The minimum atomic E-state index is -3.23. The molecule has 0 spiro atoms. The maximum atomic E-state index is 13.1. The van der Waals surface area contributed by atoms with Gasteiger partial charge >= 0.3 is 5.97 Å². The maximum Gasteiger partial charge on any atom is 0.324 e. The van der Waals surface area contributed by atoms with Crippen molar-refractivity contribution in [2.75, 3.05) is 0 Å². The molecular weight excluding hydrogens is 230 g/mol. The monoisotopic (exact) mass is 240 g/mol. The second-order valence-corrected chi connectivity index (χ2v) is 4.11. The Kier molecular flexibility index (Phi) is 2.49. The van der Waals surface area contributed by atoms with Crippen LogP contribution in [0.5, 0.6) is 0 Å². The number of Topliss-reactive ketones (excluding diaryl/α,β-unsaturated/α-hetero) is 1. The van der Waals surface area contributed by atoms with Crippen LogP contribution >= 0.6 is 0 Å². The van der Waals surface area contributed by atoms with Crippen LogP contribution in [0, 0.1) is 5.41 Å². The van der Waals surface area contributed by atoms with Crippen molar-refractivity contribution in [2.24, 2.45) is 5.41 Å². The van der Waals surface area contributed by atoms with E-state index in [-0.39, 0.29) is 5.56 Å². The first-order chi connectivity index (χ1) is 7.94. The highest BCUT2D eigenvalue weighted by molar-refractivity contribution is 6.17. The lowest BCUT2D eigenvalue weighted by Gasteiger charge is -2.26. The van der Waals surface area contributed by atoms with Crippen LogP contribution in [0.4, 0.5) is 8.78 Å². The quantitative estimate of drug-likeness (QED) is 0.807. The molecule has 0 amide bonds. The van der Waals surface area contributed by atoms with Gasteiger partial charge in [-0.05, 0) is 5.56 Å². The zero-order chi connectivity index (χ0) is 12.8. The van der Waals surface area contributed by atoms with Gasteiger partial charge in [-0.3, -0.25) is 9.59 Å². The second kappa shape index (κ2) is 3.61. The lowest BCUT2D eigenvalue weighted by atomic mass is 9.76. The van der Waals surface area contributed by atoms with E-state index in [9.17, 15) is 18.4 Å². The van der Waals surface area contributed by atoms with Gasteiger partial charge in [0.1, 0.15) is 0 Å². The number of hydrogen-bond donors (Lipinski definition) is 1. The molecule has 0 saturated carbocycles. The number of halogens is 2. The molecule has 2 rings (SSSR count). The Balaban J connectivity index is 2.69. The number of benzene rings is 1. The van der Waals surface area contributed by atoms with Crippen LogP contribution in [-0.4, -0.2) is 23.3 Å². The number of aliphatic carboxylic acids is 1. The molecule has 0 aromatic heterocycles. The Morgan fingerprint density at radius 2 is 2.00 bits per heavy atom. The number of ketones is 1. The summed E-state index contributed by atoms with van der Waals surface area (Å²) in [6.45, 7) is 1.35. The molecule has 1 aromatic rings. The van der Waals surface area contributed by atoms with Gasteiger partial charge in [-0.15, -0.1) is 0 Å². The fourth-order valence-corrected chi connectivity index (χ4v) is 2.41. The largest absolute Gasteiger partial charge is 0.480 e. The SMILES string of the molecule is CC1c2ccccc2C(=O)C1(C(=O)O)C(F)F. The van der Waals surface area contributed by atoms with E-state index in [0.717, 1.165) is 0 Å². The van der Waals surface area contributed by atoms with Gasteiger partial charge in [0.05, 0.1) is 0 Å². The van der Waals surface area contributed by atoms with E-state index in [0.29, 0.717) is 5.56 Å². The smallest absolute Gasteiger partial charge is 0.324 e. The van der Waals surface area contributed by atoms with Crippen molar-refractivity contribution in [3.05, 3.63) is 35.4 Å². The summed E-state index contributed by atoms with van der Waals surface area (Å²) < 4.78 is 26.2. The zero-order valence-electron chi connectivity index (χ0n) is 8.98. The average molecular weight is 240 g/mol. The van der Waals surface area contributed by atoms with Crippen molar-refractivity contribution in [3.63, 3.8) is 0 Å². The molecule has 0 fully saturated rings. The summed E-state index contributed by atoms with van der Waals surface area (Å²) in [4.78, 5) is 23.1. The van der Waals surface area contributed by atoms with E-state index in [2.05, 4.69) is 0 Å². The number of alkyl halides is 2. The summed E-state index contributed by atoms with van der Waals surface area (Å²) in [5.41, 5.74) is -2.17. The van der Waals surface area contributed by atoms with Gasteiger partial charge in [0.15, 0.2) is 11.2 Å². The molecule has 0 heterocycles. The minimum absolute atomic E-state index is 0.0858. The molecule has 1 aliphatic rings. The van der Waals surface area contributed by atoms with E-state index < -0.39 is 29.5 Å². The van der Waals surface area contributed by atoms with Gasteiger partial charge in [-0.1, -0.05) is 31.2 Å². The lowest BCUT2D eigenvalue weighted by molar-refractivity contribution is -0.155. The maximum absolute atomic E-state index is 13.1. The summed E-state index contributed by atoms with van der Waals surface area (Å²) in [7, 11) is 0. The van der Waals surface area contributed by atoms with E-state index in [1.807, 2.05) is 0 Å². The lowest BCUT2D eigenvalue weighted by Crippen LogP contribution is -2.45. The molecule has 90 valence electrons. The summed E-state index contributed by atoms with van der Waals surface area (Å²) in [5.74, 6) is -3.78. The molecular formula is C12H10F2O3. The number of hydrogen-bond acceptors (Lipinski definition) is 2. The Morgan fingerprint density at radius 3 is 2.47 bits per heavy atom. The van der Waals surface area contributed by atoms with Gasteiger partial charge in [0.25, 0.3) is 6.43 Å². The molecule has 5 heteroatoms. The van der Waals surface area contributed by atoms with Gasteiger partial charge in [0.2, 0.25) is 0 Å². The predicted octanol–water partition coefficient (Wildman–Crippen LogP) is 2.32. The van der Waals surface area contributed by atoms with Crippen molar-refractivity contribution < 1.29 is 23.5 Å². The van der Waals surface area contributed by atoms with Crippen LogP contribution in [-0.2, 0) is 4.79 Å². The Morgan fingerprint density at radius 1 is 1.41 bits per heavy atom. The van der Waals surface area contributed by atoms with Gasteiger partial charge < -0.3 is 5.11 Å². The summed E-state index contributed by atoms with van der Waals surface area (Å²) in [5, 5.41) is 9.05. The Labute approximate surface area is 96.1 Å². The molecule has 2 unspecified atom stereocenters. The number of carbonyl (C=O) groups excluding carboxylic acids is 1. The molecule has 1 N–H and O–H groups in total. The summed E-state index contributed by atoms with van der Waals surface area (Å²) in [6, 6.07) is 6.05. The number of fused-ring (bicyclic) bond motifs is 1. The van der Waals surface area contributed by atoms with Crippen LogP contribution in [0.1, 0.15) is 28.8 Å². The number of rotatable bonds is 2. The fraction of sp³-hybridized carbons (Fsp3) is 0.333. The third-order valence-electron chi connectivity index (χ3n) is 3.43. The van der Waals surface area contributed by atoms with Crippen LogP contribution in [0.15, 0.2) is 24.3 Å². The minimum Gasteiger partial charge on any atom is -0.480 e. The molecule has 3 nitrogen and oxygen atoms in total. The Bertz CT molecular complexity index is 498. The van der Waals surface area contributed by atoms with Crippen LogP contribution < -0.4 is 0 Å². The first kappa shape index (κ1) is 11.7. The first-order valence-electron chi connectivity index (χ1n) is 5.09. The highest BCUT2D eigenvalue weighted by atomic mass is 19.3. The second-order valence-electron chi connectivity index (χ2n) is 4.11. The van der Waals surface area contributed by atoms with Crippen molar-refractivity contribution in [2.45, 2.75) is 19.3 Å². The highest BCUT2D eigenvalue weighted by Crippen LogP contribution is 2.50. The van der Waals surface area contributed by atoms with Gasteiger partial charge in [0, 0.05) is 11.5 Å². The zero-order valence-corrected chi connectivity index (χ0v) is 8.98. The topological polar surface area (TPSA) is 54.4 Å². The molecule has 0 radical (unpaired) electrons. The van der Waals surface area contributed by atoms with Crippen LogP contribution in [0.2, 0.25) is 0 Å². The van der Waals surface area contributed by atoms with Crippen molar-refractivity contribution >= 4 is 11.8 Å². The van der Waals surface area contributed by atoms with Gasteiger partial charge in [-0.2, -0.15) is 0 Å². The molecule has 2 atom stereocenters. The third kappa shape index (κ3) is 1.25. The fourth-order valence-electron chi connectivity index (χ4n) is 2.41. The molecule has 0 aliphatic heterocycles. The van der Waals surface area contributed by atoms with E-state index in [1.54, 1.807) is 6.07 Å². The van der Waals surface area contributed by atoms with E-state index >= 15 is 0 Å². The van der Waals surface area contributed by atoms with E-state index in [4.69, 9.17) is 5.11 Å². The summed E-state index contributed by atoms with van der Waals surface area (Å²) in [6.07, 6.45) is -3.23. The summed E-state index contributed by atoms with van der Waals surface area (Å²) >= 11 is 0. The van der Waals surface area contributed by atoms with Crippen LogP contribution in [0.25, 0.3) is 0 Å². The van der Waals surface area contributed by atoms with E-state index in [1.165, 1.54) is 25.1 Å². The van der Waals surface area contributed by atoms with Crippen molar-refractivity contribution in [3.8, 4) is 0 Å². The third-order valence-corrected chi connectivity index (χ3v) is 3.43. The predicted molar refractivity (Wildman–Crippen MR) is 55.3 cm³/mol. The van der Waals surface area contributed by atoms with Gasteiger partial charge in [-0.25, -0.2) is 8.78 Å². The number of carboxylic acid groups (broad SMARTS) is 1. The highest BCUT2D eigenvalue weighted by Gasteiger charge is 2.63. The Hall–Kier alpha value is -1.78. The normalized spacial score (nSPS) is 27.3. The standard InChI is InChI=1S/C12H10F2O3/c1-6-7-4-2-3-5-8(7)9(15)12(6,10(13)14)11(16)17/h2-6,10H,1H3,(H,16,17). The average Bonchev–Trinajstić information content (AvgIpc) is 2.50. The first-order valence-corrected chi connectivity index (χ1v) is 5.09. The van der Waals surface area contributed by atoms with Crippen LogP contribution in [0.3, 0.4) is 0 Å². The van der Waals surface area contributed by atoms with Crippen molar-refractivity contribution in [1.82, 2.24) is 0 Å². The molecule has 1 aromatic carbocycles. The number of carboxylic acids is 1. The van der Waals surface area contributed by atoms with Crippen molar-refractivity contribution in [1.29, 1.82) is 0 Å². The molecule has 1 aliphatic carbocycles. The molecule has 0 saturated heterocycles. The molecule has 17 heavy (non-hydrogen) atoms. The number of carbonyl (C=O) groups is 2.